The normalized spacial score (nSPS) is 21.1. The van der Waals surface area contributed by atoms with Crippen LogP contribution in [0.25, 0.3) is 0 Å². The van der Waals surface area contributed by atoms with Crippen molar-refractivity contribution in [1.82, 2.24) is 4.98 Å². The average molecular weight is 299 g/mol. The number of hydrogen-bond donors (Lipinski definition) is 1. The van der Waals surface area contributed by atoms with Crippen molar-refractivity contribution in [3.63, 3.8) is 0 Å². The summed E-state index contributed by atoms with van der Waals surface area (Å²) < 4.78 is 34.7. The van der Waals surface area contributed by atoms with Gasteiger partial charge in [0.05, 0.1) is 16.1 Å². The number of aromatic nitrogens is 1. The van der Waals surface area contributed by atoms with Crippen molar-refractivity contribution in [3.05, 3.63) is 22.5 Å². The summed E-state index contributed by atoms with van der Waals surface area (Å²) in [5.41, 5.74) is -1.32. The molecule has 1 N–H and O–H groups in total. The number of pyridine rings is 1. The fourth-order valence-electron chi connectivity index (χ4n) is 1.85. The molecule has 8 heteroatoms. The Bertz CT molecular complexity index is 676. The number of nitrogens with one attached hydrogen (secondary N) is 1. The average Bonchev–Trinajstić information content (AvgIpc) is 2.46. The quantitative estimate of drug-likeness (QED) is 0.782. The highest BCUT2D eigenvalue weighted by Crippen LogP contribution is 2.36. The maximum Gasteiger partial charge on any atom is 0.512 e. The largest absolute Gasteiger partial charge is 0.512 e. The third-order valence-corrected chi connectivity index (χ3v) is 4.87. The lowest BCUT2D eigenvalue weighted by Gasteiger charge is -2.32. The van der Waals surface area contributed by atoms with E-state index in [0.29, 0.717) is 5.59 Å². The smallest absolute Gasteiger partial charge is 0.398 e. The highest BCUT2D eigenvalue weighted by Gasteiger charge is 2.52. The van der Waals surface area contributed by atoms with Gasteiger partial charge in [-0.05, 0) is 33.8 Å². The van der Waals surface area contributed by atoms with Gasteiger partial charge in [0.2, 0.25) is 5.56 Å². The lowest BCUT2D eigenvalue weighted by atomic mass is 9.84. The van der Waals surface area contributed by atoms with Crippen molar-refractivity contribution in [3.8, 4) is 0 Å². The molecule has 1 aromatic heterocycles. The number of H-pyrrole nitrogens is 1. The van der Waals surface area contributed by atoms with Gasteiger partial charge in [0.25, 0.3) is 0 Å². The Morgan fingerprint density at radius 3 is 2.05 bits per heavy atom. The van der Waals surface area contributed by atoms with E-state index in [1.54, 1.807) is 0 Å². The topological polar surface area (TPSA) is 85.5 Å². The van der Waals surface area contributed by atoms with Crippen molar-refractivity contribution in [2.24, 2.45) is 0 Å². The molecular weight excluding hydrogens is 281 g/mol. The van der Waals surface area contributed by atoms with E-state index in [-0.39, 0.29) is 4.90 Å². The van der Waals surface area contributed by atoms with E-state index < -0.39 is 33.7 Å². The third-order valence-electron chi connectivity index (χ3n) is 3.77. The molecule has 0 aliphatic carbocycles. The second kappa shape index (κ2) is 4.44. The zero-order valence-electron chi connectivity index (χ0n) is 12.2. The first-order valence-corrected chi connectivity index (χ1v) is 8.11. The molecule has 0 aromatic carbocycles. The maximum atomic E-state index is 11.6. The summed E-state index contributed by atoms with van der Waals surface area (Å²) in [6.07, 6.45) is 1.05. The third kappa shape index (κ3) is 2.68. The Morgan fingerprint density at radius 1 is 1.10 bits per heavy atom. The summed E-state index contributed by atoms with van der Waals surface area (Å²) in [5.74, 6) is 0. The predicted molar refractivity (Wildman–Crippen MR) is 75.9 cm³/mol. The lowest BCUT2D eigenvalue weighted by molar-refractivity contribution is 0.00578. The second-order valence-electron chi connectivity index (χ2n) is 6.00. The standard InChI is InChI=1S/C12H18BNO5S/c1-11(2)12(3,4)19-13(18-11)9-6-8(20(5,16)17)7-10(15)14-9/h6-7H,1-5H3,(H,14,15). The van der Waals surface area contributed by atoms with Crippen LogP contribution in [0.1, 0.15) is 27.7 Å². The van der Waals surface area contributed by atoms with Gasteiger partial charge in [-0.15, -0.1) is 0 Å². The first-order valence-electron chi connectivity index (χ1n) is 6.22. The molecule has 0 radical (unpaired) electrons. The molecule has 0 bridgehead atoms. The minimum absolute atomic E-state index is 0.0500. The molecule has 20 heavy (non-hydrogen) atoms. The number of rotatable bonds is 2. The molecule has 0 spiro atoms. The number of sulfone groups is 1. The molecular formula is C12H18BNO5S. The first-order chi connectivity index (χ1) is 8.92. The highest BCUT2D eigenvalue weighted by molar-refractivity contribution is 7.90. The Balaban J connectivity index is 2.46. The fourth-order valence-corrected chi connectivity index (χ4v) is 2.51. The first kappa shape index (κ1) is 15.3. The number of hydrogen-bond acceptors (Lipinski definition) is 5. The summed E-state index contributed by atoms with van der Waals surface area (Å²) in [7, 11) is -4.26. The Morgan fingerprint density at radius 2 is 1.60 bits per heavy atom. The maximum absolute atomic E-state index is 11.6. The van der Waals surface area contributed by atoms with Crippen molar-refractivity contribution >= 4 is 22.5 Å². The lowest BCUT2D eigenvalue weighted by Crippen LogP contribution is -2.41. The van der Waals surface area contributed by atoms with E-state index in [4.69, 9.17) is 9.31 Å². The van der Waals surface area contributed by atoms with Crippen LogP contribution in [-0.4, -0.2) is 38.0 Å². The van der Waals surface area contributed by atoms with Gasteiger partial charge in [0, 0.05) is 17.9 Å². The van der Waals surface area contributed by atoms with Gasteiger partial charge in [0.1, 0.15) is 0 Å². The van der Waals surface area contributed by atoms with E-state index in [2.05, 4.69) is 4.98 Å². The molecule has 0 amide bonds. The molecule has 1 aliphatic heterocycles. The van der Waals surface area contributed by atoms with Crippen LogP contribution in [0.4, 0.5) is 0 Å². The zero-order chi connectivity index (χ0) is 15.3. The van der Waals surface area contributed by atoms with Crippen molar-refractivity contribution in [2.45, 2.75) is 43.8 Å². The van der Waals surface area contributed by atoms with Gasteiger partial charge in [-0.3, -0.25) is 4.79 Å². The van der Waals surface area contributed by atoms with E-state index in [1.165, 1.54) is 6.07 Å². The van der Waals surface area contributed by atoms with Gasteiger partial charge in [-0.1, -0.05) is 0 Å². The SMILES string of the molecule is CC1(C)OB(c2cc(S(C)(=O)=O)cc(=O)[nH]2)OC1(C)C. The van der Waals surface area contributed by atoms with E-state index in [1.807, 2.05) is 27.7 Å². The molecule has 6 nitrogen and oxygen atoms in total. The Labute approximate surface area is 118 Å². The summed E-state index contributed by atoms with van der Waals surface area (Å²) in [6.45, 7) is 7.52. The highest BCUT2D eigenvalue weighted by atomic mass is 32.2. The van der Waals surface area contributed by atoms with Crippen LogP contribution in [0, 0.1) is 0 Å². The van der Waals surface area contributed by atoms with E-state index >= 15 is 0 Å². The molecule has 0 atom stereocenters. The van der Waals surface area contributed by atoms with Crippen LogP contribution in [0.15, 0.2) is 21.8 Å². The molecule has 0 saturated carbocycles. The molecule has 1 aromatic rings. The van der Waals surface area contributed by atoms with Crippen LogP contribution in [0.5, 0.6) is 0 Å². The molecule has 110 valence electrons. The van der Waals surface area contributed by atoms with E-state index in [0.717, 1.165) is 12.3 Å². The van der Waals surface area contributed by atoms with Crippen molar-refractivity contribution < 1.29 is 17.7 Å². The van der Waals surface area contributed by atoms with Crippen molar-refractivity contribution in [2.75, 3.05) is 6.26 Å². The zero-order valence-corrected chi connectivity index (χ0v) is 13.0. The Kier molecular flexibility index (Phi) is 3.39. The molecule has 1 aliphatic rings. The minimum Gasteiger partial charge on any atom is -0.398 e. The fraction of sp³-hybridized carbons (Fsp3) is 0.583. The van der Waals surface area contributed by atoms with Gasteiger partial charge in [-0.25, -0.2) is 8.42 Å². The van der Waals surface area contributed by atoms with Crippen LogP contribution >= 0.6 is 0 Å². The van der Waals surface area contributed by atoms with Crippen LogP contribution < -0.4 is 11.2 Å². The van der Waals surface area contributed by atoms with Crippen LogP contribution in [0.2, 0.25) is 0 Å². The molecule has 0 unspecified atom stereocenters. The minimum atomic E-state index is -3.47. The molecule has 2 rings (SSSR count). The summed E-state index contributed by atoms with van der Waals surface area (Å²) >= 11 is 0. The van der Waals surface area contributed by atoms with Crippen LogP contribution in [-0.2, 0) is 19.1 Å². The van der Waals surface area contributed by atoms with Gasteiger partial charge < -0.3 is 14.3 Å². The summed E-state index contributed by atoms with van der Waals surface area (Å²) in [4.78, 5) is 14.1. The Hall–Kier alpha value is -1.12. The van der Waals surface area contributed by atoms with Crippen LogP contribution in [0.3, 0.4) is 0 Å². The number of aromatic amines is 1. The van der Waals surface area contributed by atoms with Gasteiger partial charge in [-0.2, -0.15) is 0 Å². The summed E-state index contributed by atoms with van der Waals surface area (Å²) in [6, 6.07) is 2.42. The van der Waals surface area contributed by atoms with Gasteiger partial charge >= 0.3 is 7.12 Å². The molecule has 1 saturated heterocycles. The summed E-state index contributed by atoms with van der Waals surface area (Å²) in [5, 5.41) is 0. The predicted octanol–water partition coefficient (Wildman–Crippen LogP) is 0.0776. The monoisotopic (exact) mass is 299 g/mol. The van der Waals surface area contributed by atoms with E-state index in [9.17, 15) is 13.2 Å². The molecule has 1 fully saturated rings. The molecule has 2 heterocycles. The van der Waals surface area contributed by atoms with Gasteiger partial charge in [0.15, 0.2) is 9.84 Å². The second-order valence-corrected chi connectivity index (χ2v) is 8.01. The van der Waals surface area contributed by atoms with Crippen molar-refractivity contribution in [1.29, 1.82) is 0 Å².